The first kappa shape index (κ1) is 22.4. The van der Waals surface area contributed by atoms with Gasteiger partial charge in [0.15, 0.2) is 11.7 Å². The van der Waals surface area contributed by atoms with Crippen LogP contribution < -0.4 is 15.5 Å². The zero-order valence-electron chi connectivity index (χ0n) is 16.6. The first-order valence-corrected chi connectivity index (χ1v) is 10.0. The molecule has 1 aliphatic heterocycles. The third kappa shape index (κ3) is 5.66. The smallest absolute Gasteiger partial charge is 0.216 e. The zero-order valence-corrected chi connectivity index (χ0v) is 19.7. The summed E-state index contributed by atoms with van der Waals surface area (Å²) in [5.41, 5.74) is 1.16. The molecule has 30 heavy (non-hydrogen) atoms. The topological polar surface area (TPSA) is 94.4 Å². The summed E-state index contributed by atoms with van der Waals surface area (Å²) in [5, 5.41) is 14.7. The lowest BCUT2D eigenvalue weighted by atomic mass is 10.2. The summed E-state index contributed by atoms with van der Waals surface area (Å²) in [6, 6.07) is 12.0. The second-order valence-corrected chi connectivity index (χ2v) is 7.32. The molecule has 1 atom stereocenters. The summed E-state index contributed by atoms with van der Waals surface area (Å²) in [6.07, 6.45) is 3.36. The number of furan rings is 1. The van der Waals surface area contributed by atoms with Crippen molar-refractivity contribution in [2.75, 3.05) is 31.6 Å². The second-order valence-electron chi connectivity index (χ2n) is 6.89. The number of hydrogen-bond donors (Lipinski definition) is 3. The molecule has 1 aromatic carbocycles. The van der Waals surface area contributed by atoms with Gasteiger partial charge in [-0.05, 0) is 36.8 Å². The molecule has 0 aliphatic carbocycles. The normalized spacial score (nSPS) is 16.4. The Morgan fingerprint density at radius 2 is 2.27 bits per heavy atom. The average molecular weight is 542 g/mol. The molecule has 1 aliphatic rings. The Morgan fingerprint density at radius 3 is 3.03 bits per heavy atom. The summed E-state index contributed by atoms with van der Waals surface area (Å²) in [6.45, 7) is 2.59. The fourth-order valence-corrected chi connectivity index (χ4v) is 3.58. The third-order valence-electron chi connectivity index (χ3n) is 4.85. The van der Waals surface area contributed by atoms with Gasteiger partial charge in [-0.2, -0.15) is 5.10 Å². The molecule has 1 fully saturated rings. The van der Waals surface area contributed by atoms with Crippen LogP contribution in [0.2, 0.25) is 5.02 Å². The van der Waals surface area contributed by atoms with Gasteiger partial charge in [0, 0.05) is 49.9 Å². The lowest BCUT2D eigenvalue weighted by Gasteiger charge is -2.20. The monoisotopic (exact) mass is 541 g/mol. The molecule has 1 unspecified atom stereocenters. The van der Waals surface area contributed by atoms with E-state index in [4.69, 9.17) is 16.0 Å². The summed E-state index contributed by atoms with van der Waals surface area (Å²) < 4.78 is 5.31. The van der Waals surface area contributed by atoms with E-state index in [1.54, 1.807) is 13.3 Å². The van der Waals surface area contributed by atoms with Crippen LogP contribution in [0.25, 0.3) is 11.6 Å². The number of H-pyrrole nitrogens is 1. The molecule has 0 bridgehead atoms. The molecule has 160 valence electrons. The van der Waals surface area contributed by atoms with Crippen LogP contribution in [0.5, 0.6) is 0 Å². The number of guanidine groups is 1. The number of benzene rings is 1. The number of aromatic amines is 1. The second kappa shape index (κ2) is 10.7. The molecule has 1 saturated heterocycles. The molecule has 4 rings (SSSR count). The number of rotatable bonds is 6. The fraction of sp³-hybridized carbons (Fsp3) is 0.350. The predicted molar refractivity (Wildman–Crippen MR) is 130 cm³/mol. The zero-order chi connectivity index (χ0) is 20.1. The standard InChI is InChI=1S/C20H24ClN7O.HI/c1-22-20(23-9-7-18-25-19(27-26-18)17-6-3-11-29-17)24-15-8-10-28(13-15)16-5-2-4-14(21)12-16;/h2-6,11-12,15H,7-10,13H2,1H3,(H2,22,23,24)(H,25,26,27);1H. The Morgan fingerprint density at radius 1 is 1.37 bits per heavy atom. The first-order valence-electron chi connectivity index (χ1n) is 9.64. The number of aromatic nitrogens is 3. The highest BCUT2D eigenvalue weighted by molar-refractivity contribution is 14.0. The quantitative estimate of drug-likeness (QED) is 0.252. The van der Waals surface area contributed by atoms with Crippen LogP contribution >= 0.6 is 35.6 Å². The van der Waals surface area contributed by atoms with E-state index >= 15 is 0 Å². The first-order chi connectivity index (χ1) is 14.2. The maximum absolute atomic E-state index is 6.12. The highest BCUT2D eigenvalue weighted by atomic mass is 127. The van der Waals surface area contributed by atoms with Crippen molar-refractivity contribution in [2.45, 2.75) is 18.9 Å². The van der Waals surface area contributed by atoms with Crippen molar-refractivity contribution in [3.63, 3.8) is 0 Å². The van der Waals surface area contributed by atoms with Crippen molar-refractivity contribution in [3.8, 4) is 11.6 Å². The lowest BCUT2D eigenvalue weighted by Crippen LogP contribution is -2.45. The Balaban J connectivity index is 0.00000256. The third-order valence-corrected chi connectivity index (χ3v) is 5.09. The molecule has 3 aromatic rings. The molecule has 0 radical (unpaired) electrons. The van der Waals surface area contributed by atoms with Gasteiger partial charge in [-0.1, -0.05) is 17.7 Å². The van der Waals surface area contributed by atoms with Crippen molar-refractivity contribution in [2.24, 2.45) is 4.99 Å². The van der Waals surface area contributed by atoms with Crippen molar-refractivity contribution in [1.82, 2.24) is 25.8 Å². The fourth-order valence-electron chi connectivity index (χ4n) is 3.40. The predicted octanol–water partition coefficient (Wildman–Crippen LogP) is 3.32. The number of halogens is 2. The minimum Gasteiger partial charge on any atom is -0.461 e. The van der Waals surface area contributed by atoms with Crippen LogP contribution in [0.15, 0.2) is 52.1 Å². The van der Waals surface area contributed by atoms with Gasteiger partial charge in [-0.15, -0.1) is 24.0 Å². The molecule has 0 saturated carbocycles. The van der Waals surface area contributed by atoms with E-state index in [1.807, 2.05) is 30.3 Å². The molecule has 0 amide bonds. The van der Waals surface area contributed by atoms with Gasteiger partial charge in [-0.3, -0.25) is 10.1 Å². The number of anilines is 1. The van der Waals surface area contributed by atoms with Crippen LogP contribution in [0, 0.1) is 0 Å². The number of hydrogen-bond acceptors (Lipinski definition) is 5. The Hall–Kier alpha value is -2.27. The number of aliphatic imine (C=N–C) groups is 1. The van der Waals surface area contributed by atoms with E-state index in [-0.39, 0.29) is 24.0 Å². The van der Waals surface area contributed by atoms with E-state index in [2.05, 4.69) is 41.8 Å². The molecule has 2 aromatic heterocycles. The molecule has 10 heteroatoms. The van der Waals surface area contributed by atoms with Crippen LogP contribution in [-0.4, -0.2) is 53.9 Å². The van der Waals surface area contributed by atoms with Gasteiger partial charge in [0.05, 0.1) is 6.26 Å². The van der Waals surface area contributed by atoms with E-state index < -0.39 is 0 Å². The van der Waals surface area contributed by atoms with Gasteiger partial charge in [0.2, 0.25) is 5.82 Å². The van der Waals surface area contributed by atoms with Crippen LogP contribution in [0.4, 0.5) is 5.69 Å². The number of nitrogens with one attached hydrogen (secondary N) is 3. The van der Waals surface area contributed by atoms with Gasteiger partial charge in [0.1, 0.15) is 5.82 Å². The van der Waals surface area contributed by atoms with Crippen molar-refractivity contribution in [3.05, 3.63) is 53.5 Å². The van der Waals surface area contributed by atoms with Crippen molar-refractivity contribution in [1.29, 1.82) is 0 Å². The summed E-state index contributed by atoms with van der Waals surface area (Å²) in [5.74, 6) is 2.81. The van der Waals surface area contributed by atoms with E-state index in [0.717, 1.165) is 42.0 Å². The Bertz CT molecular complexity index is 960. The molecular formula is C20H25ClIN7O. The van der Waals surface area contributed by atoms with Gasteiger partial charge < -0.3 is 20.0 Å². The average Bonchev–Trinajstić information content (AvgIpc) is 3.48. The van der Waals surface area contributed by atoms with E-state index in [0.29, 0.717) is 30.6 Å². The molecule has 0 spiro atoms. The lowest BCUT2D eigenvalue weighted by molar-refractivity contribution is 0.577. The van der Waals surface area contributed by atoms with Gasteiger partial charge >= 0.3 is 0 Å². The van der Waals surface area contributed by atoms with Crippen LogP contribution in [0.3, 0.4) is 0 Å². The highest BCUT2D eigenvalue weighted by Gasteiger charge is 2.23. The highest BCUT2D eigenvalue weighted by Crippen LogP contribution is 2.23. The van der Waals surface area contributed by atoms with Crippen molar-refractivity contribution >= 4 is 47.2 Å². The SMILES string of the molecule is CN=C(NCCc1nc(-c2ccco2)n[nH]1)NC1CCN(c2cccc(Cl)c2)C1.I. The number of nitrogens with zero attached hydrogens (tertiary/aromatic N) is 4. The Labute approximate surface area is 197 Å². The van der Waals surface area contributed by atoms with Crippen LogP contribution in [-0.2, 0) is 6.42 Å². The van der Waals surface area contributed by atoms with Gasteiger partial charge in [0.25, 0.3) is 0 Å². The minimum absolute atomic E-state index is 0. The molecular weight excluding hydrogens is 517 g/mol. The Kier molecular flexibility index (Phi) is 7.97. The van der Waals surface area contributed by atoms with E-state index in [1.165, 1.54) is 0 Å². The maximum Gasteiger partial charge on any atom is 0.216 e. The summed E-state index contributed by atoms with van der Waals surface area (Å²) in [7, 11) is 1.78. The maximum atomic E-state index is 6.12. The molecule has 3 heterocycles. The molecule has 8 nitrogen and oxygen atoms in total. The summed E-state index contributed by atoms with van der Waals surface area (Å²) in [4.78, 5) is 11.1. The van der Waals surface area contributed by atoms with Gasteiger partial charge in [-0.25, -0.2) is 4.98 Å². The molecule has 3 N–H and O–H groups in total. The van der Waals surface area contributed by atoms with Crippen LogP contribution in [0.1, 0.15) is 12.2 Å². The van der Waals surface area contributed by atoms with Crippen molar-refractivity contribution < 1.29 is 4.42 Å². The largest absolute Gasteiger partial charge is 0.461 e. The minimum atomic E-state index is 0. The summed E-state index contributed by atoms with van der Waals surface area (Å²) >= 11 is 6.12. The van der Waals surface area contributed by atoms with E-state index in [9.17, 15) is 0 Å².